The largest absolute Gasteiger partial charge is 0.545 e. The Morgan fingerprint density at radius 2 is 1.07 bits per heavy atom. The molecule has 0 aliphatic rings. The third kappa shape index (κ3) is 2.26. The van der Waals surface area contributed by atoms with Gasteiger partial charge in [-0.25, -0.2) is 0 Å². The van der Waals surface area contributed by atoms with Gasteiger partial charge in [0.25, 0.3) is 0 Å². The molecule has 0 saturated carbocycles. The fourth-order valence-corrected chi connectivity index (χ4v) is 4.15. The van der Waals surface area contributed by atoms with Gasteiger partial charge in [-0.3, -0.25) is 0 Å². The van der Waals surface area contributed by atoms with Crippen LogP contribution in [0.5, 0.6) is 0 Å². The molecule has 0 radical (unpaired) electrons. The Balaban J connectivity index is 3.68. The van der Waals surface area contributed by atoms with Crippen LogP contribution in [0.3, 0.4) is 0 Å². The Bertz CT molecular complexity index is 386. The van der Waals surface area contributed by atoms with Gasteiger partial charge in [0, 0.05) is 27.9 Å². The van der Waals surface area contributed by atoms with Gasteiger partial charge in [-0.2, -0.15) is 0 Å². The van der Waals surface area contributed by atoms with Crippen molar-refractivity contribution in [2.75, 3.05) is 0 Å². The topological polar surface area (TPSA) is 40.1 Å². The fourth-order valence-electron chi connectivity index (χ4n) is 0.784. The van der Waals surface area contributed by atoms with Crippen LogP contribution in [-0.2, 0) is 0 Å². The lowest BCUT2D eigenvalue weighted by Crippen LogP contribution is -2.23. The van der Waals surface area contributed by atoms with E-state index in [0.29, 0.717) is 17.9 Å². The summed E-state index contributed by atoms with van der Waals surface area (Å²) in [5.41, 5.74) is 0.0620. The zero-order valence-corrected chi connectivity index (χ0v) is 14.1. The summed E-state index contributed by atoms with van der Waals surface area (Å²) in [5, 5.41) is 10.8. The molecule has 0 N–H and O–H groups in total. The number of halogens is 5. The Hall–Kier alpha value is 1.09. The van der Waals surface area contributed by atoms with E-state index in [-0.39, 0.29) is 5.56 Å². The molecule has 0 aliphatic carbocycles. The summed E-state index contributed by atoms with van der Waals surface area (Å²) in [7, 11) is 0. The van der Waals surface area contributed by atoms with E-state index in [1.165, 1.54) is 0 Å². The maximum absolute atomic E-state index is 10.8. The first-order valence-electron chi connectivity index (χ1n) is 3.10. The maximum Gasteiger partial charge on any atom is 0.0738 e. The quantitative estimate of drug-likeness (QED) is 0.421. The SMILES string of the molecule is O=C([O-])c1c(Br)c(Br)c(Br)c(Br)c1Br. The van der Waals surface area contributed by atoms with E-state index >= 15 is 0 Å². The molecule has 0 spiro atoms. The van der Waals surface area contributed by atoms with Crippen LogP contribution in [0.1, 0.15) is 10.4 Å². The molecular formula is C7Br5O2-. The molecule has 14 heavy (non-hydrogen) atoms. The minimum Gasteiger partial charge on any atom is -0.545 e. The Kier molecular flexibility index (Phi) is 4.65. The number of carbonyl (C=O) groups is 1. The van der Waals surface area contributed by atoms with E-state index in [4.69, 9.17) is 0 Å². The first-order chi connectivity index (χ1) is 6.37. The van der Waals surface area contributed by atoms with Crippen molar-refractivity contribution >= 4 is 85.6 Å². The summed E-state index contributed by atoms with van der Waals surface area (Å²) in [5.74, 6) is -1.25. The molecule has 1 aromatic carbocycles. The van der Waals surface area contributed by atoms with E-state index in [2.05, 4.69) is 79.6 Å². The van der Waals surface area contributed by atoms with Gasteiger partial charge in [0.15, 0.2) is 0 Å². The average molecular weight is 516 g/mol. The second-order valence-corrected chi connectivity index (χ2v) is 6.20. The van der Waals surface area contributed by atoms with Crippen molar-refractivity contribution in [2.24, 2.45) is 0 Å². The van der Waals surface area contributed by atoms with E-state index < -0.39 is 5.97 Å². The molecule has 0 fully saturated rings. The number of rotatable bonds is 1. The van der Waals surface area contributed by atoms with Crippen molar-refractivity contribution in [3.63, 3.8) is 0 Å². The van der Waals surface area contributed by atoms with Crippen molar-refractivity contribution in [1.82, 2.24) is 0 Å². The van der Waals surface area contributed by atoms with Crippen LogP contribution in [0, 0.1) is 0 Å². The van der Waals surface area contributed by atoms with Gasteiger partial charge < -0.3 is 9.90 Å². The average Bonchev–Trinajstić information content (AvgIpc) is 2.11. The van der Waals surface area contributed by atoms with E-state index in [1.807, 2.05) is 0 Å². The third-order valence-corrected chi connectivity index (χ3v) is 7.51. The van der Waals surface area contributed by atoms with Gasteiger partial charge in [-0.15, -0.1) is 0 Å². The third-order valence-electron chi connectivity index (χ3n) is 1.41. The van der Waals surface area contributed by atoms with Crippen LogP contribution in [0.15, 0.2) is 22.4 Å². The molecule has 0 unspecified atom stereocenters. The van der Waals surface area contributed by atoms with E-state index in [0.717, 1.165) is 4.47 Å². The van der Waals surface area contributed by atoms with Gasteiger partial charge >= 0.3 is 0 Å². The Morgan fingerprint density at radius 1 is 0.786 bits per heavy atom. The number of carboxylic acid groups (broad SMARTS) is 1. The smallest absolute Gasteiger partial charge is 0.0738 e. The standard InChI is InChI=1S/C7HBr5O2/c8-2-1(7(13)14)3(9)5(11)6(12)4(2)10/h(H,13,14)/p-1. The molecule has 1 aromatic rings. The van der Waals surface area contributed by atoms with Gasteiger partial charge in [-0.1, -0.05) is 0 Å². The molecular weight excluding hydrogens is 516 g/mol. The number of hydrogen-bond acceptors (Lipinski definition) is 2. The van der Waals surface area contributed by atoms with Gasteiger partial charge in [0.05, 0.1) is 5.97 Å². The summed E-state index contributed by atoms with van der Waals surface area (Å²) in [4.78, 5) is 10.8. The van der Waals surface area contributed by atoms with Gasteiger partial charge in [0.1, 0.15) is 0 Å². The van der Waals surface area contributed by atoms with Crippen LogP contribution >= 0.6 is 79.6 Å². The van der Waals surface area contributed by atoms with Crippen LogP contribution < -0.4 is 5.11 Å². The molecule has 0 heterocycles. The van der Waals surface area contributed by atoms with Crippen LogP contribution in [0.2, 0.25) is 0 Å². The summed E-state index contributed by atoms with van der Waals surface area (Å²) >= 11 is 16.1. The maximum atomic E-state index is 10.8. The highest BCUT2D eigenvalue weighted by Crippen LogP contribution is 2.44. The van der Waals surface area contributed by atoms with E-state index in [1.54, 1.807) is 0 Å². The summed E-state index contributed by atoms with van der Waals surface area (Å²) in [6, 6.07) is 0. The molecule has 2 nitrogen and oxygen atoms in total. The zero-order chi connectivity index (χ0) is 11.0. The first kappa shape index (κ1) is 13.2. The second-order valence-electron chi connectivity index (χ2n) is 2.23. The monoisotopic (exact) mass is 511 g/mol. The van der Waals surface area contributed by atoms with Gasteiger partial charge in [-0.05, 0) is 79.6 Å². The molecule has 1 rings (SSSR count). The number of carbonyl (C=O) groups excluding carboxylic acids is 1. The lowest BCUT2D eigenvalue weighted by Gasteiger charge is -2.13. The normalized spacial score (nSPS) is 10.4. The lowest BCUT2D eigenvalue weighted by atomic mass is 10.2. The van der Waals surface area contributed by atoms with E-state index in [9.17, 15) is 9.90 Å². The highest BCUT2D eigenvalue weighted by Gasteiger charge is 2.17. The Morgan fingerprint density at radius 3 is 1.36 bits per heavy atom. The van der Waals surface area contributed by atoms with Crippen molar-refractivity contribution in [1.29, 1.82) is 0 Å². The van der Waals surface area contributed by atoms with Crippen molar-refractivity contribution < 1.29 is 9.90 Å². The minimum atomic E-state index is -1.25. The van der Waals surface area contributed by atoms with Crippen LogP contribution in [0.4, 0.5) is 0 Å². The molecule has 76 valence electrons. The fraction of sp³-hybridized carbons (Fsp3) is 0. The predicted molar refractivity (Wildman–Crippen MR) is 69.3 cm³/mol. The zero-order valence-electron chi connectivity index (χ0n) is 6.21. The number of benzene rings is 1. The highest BCUT2D eigenvalue weighted by atomic mass is 79.9. The van der Waals surface area contributed by atoms with Crippen LogP contribution in [-0.4, -0.2) is 5.97 Å². The molecule has 0 bridgehead atoms. The number of carboxylic acids is 1. The van der Waals surface area contributed by atoms with Crippen molar-refractivity contribution in [3.05, 3.63) is 27.9 Å². The van der Waals surface area contributed by atoms with Crippen molar-refractivity contribution in [2.45, 2.75) is 0 Å². The molecule has 7 heteroatoms. The van der Waals surface area contributed by atoms with Crippen LogP contribution in [0.25, 0.3) is 0 Å². The lowest BCUT2D eigenvalue weighted by molar-refractivity contribution is -0.255. The molecule has 0 saturated heterocycles. The molecule has 0 amide bonds. The molecule has 0 atom stereocenters. The highest BCUT2D eigenvalue weighted by molar-refractivity contribution is 9.15. The minimum absolute atomic E-state index is 0.0620. The molecule has 0 aromatic heterocycles. The Labute approximate surface area is 122 Å². The van der Waals surface area contributed by atoms with Gasteiger partial charge in [0.2, 0.25) is 0 Å². The summed E-state index contributed by atoms with van der Waals surface area (Å²) < 4.78 is 2.82. The number of aromatic carboxylic acids is 1. The van der Waals surface area contributed by atoms with Crippen molar-refractivity contribution in [3.8, 4) is 0 Å². The summed E-state index contributed by atoms with van der Waals surface area (Å²) in [6.45, 7) is 0. The number of hydrogen-bond donors (Lipinski definition) is 0. The molecule has 0 aliphatic heterocycles. The second kappa shape index (κ2) is 4.95. The first-order valence-corrected chi connectivity index (χ1v) is 7.07. The predicted octanol–water partition coefficient (Wildman–Crippen LogP) is 3.86. The summed E-state index contributed by atoms with van der Waals surface area (Å²) in [6.07, 6.45) is 0.